The van der Waals surface area contributed by atoms with Crippen LogP contribution < -0.4 is 10.5 Å². The van der Waals surface area contributed by atoms with Crippen LogP contribution in [0.5, 0.6) is 11.6 Å². The van der Waals surface area contributed by atoms with E-state index in [1.54, 1.807) is 6.07 Å². The Bertz CT molecular complexity index is 805. The van der Waals surface area contributed by atoms with Gasteiger partial charge in [-0.2, -0.15) is 0 Å². The Labute approximate surface area is 121 Å². The van der Waals surface area contributed by atoms with Crippen molar-refractivity contribution in [3.63, 3.8) is 0 Å². The summed E-state index contributed by atoms with van der Waals surface area (Å²) in [6.07, 6.45) is 1.11. The van der Waals surface area contributed by atoms with Gasteiger partial charge in [-0.15, -0.1) is 0 Å². The van der Waals surface area contributed by atoms with E-state index in [9.17, 15) is 4.39 Å². The molecule has 0 atom stereocenters. The predicted molar refractivity (Wildman–Crippen MR) is 78.6 cm³/mol. The molecule has 106 valence electrons. The van der Waals surface area contributed by atoms with Crippen LogP contribution in [0.1, 0.15) is 11.3 Å². The van der Waals surface area contributed by atoms with Crippen molar-refractivity contribution in [2.24, 2.45) is 5.73 Å². The van der Waals surface area contributed by atoms with E-state index in [-0.39, 0.29) is 6.54 Å². The largest absolute Gasteiger partial charge is 0.436 e. The van der Waals surface area contributed by atoms with E-state index >= 15 is 0 Å². The second kappa shape index (κ2) is 5.46. The summed E-state index contributed by atoms with van der Waals surface area (Å²) < 4.78 is 19.0. The van der Waals surface area contributed by atoms with Gasteiger partial charge in [-0.25, -0.2) is 14.4 Å². The zero-order valence-corrected chi connectivity index (χ0v) is 11.5. The Morgan fingerprint density at radius 2 is 2.10 bits per heavy atom. The molecule has 21 heavy (non-hydrogen) atoms. The standard InChI is InChI=1S/C16H14FN3O/c1-10-5-6-11-3-2-4-14(15(11)20-10)21-16-12(8-18)7-13(17)9-19-16/h2-7,9H,8,18H2,1H3. The zero-order chi connectivity index (χ0) is 14.8. The first-order valence-corrected chi connectivity index (χ1v) is 6.56. The lowest BCUT2D eigenvalue weighted by molar-refractivity contribution is 0.456. The molecule has 0 fully saturated rings. The van der Waals surface area contributed by atoms with Crippen LogP contribution in [0.4, 0.5) is 4.39 Å². The van der Waals surface area contributed by atoms with Crippen molar-refractivity contribution in [3.05, 3.63) is 59.7 Å². The maximum atomic E-state index is 13.2. The molecule has 0 saturated carbocycles. The fourth-order valence-corrected chi connectivity index (χ4v) is 2.11. The maximum Gasteiger partial charge on any atom is 0.224 e. The highest BCUT2D eigenvalue weighted by Crippen LogP contribution is 2.29. The Kier molecular flexibility index (Phi) is 3.50. The molecule has 1 aromatic carbocycles. The molecule has 3 aromatic rings. The number of halogens is 1. The molecule has 2 N–H and O–H groups in total. The summed E-state index contributed by atoms with van der Waals surface area (Å²) >= 11 is 0. The molecule has 0 amide bonds. The summed E-state index contributed by atoms with van der Waals surface area (Å²) in [5.74, 6) is 0.439. The third-order valence-electron chi connectivity index (χ3n) is 3.14. The molecule has 0 radical (unpaired) electrons. The van der Waals surface area contributed by atoms with Crippen molar-refractivity contribution in [1.29, 1.82) is 0 Å². The van der Waals surface area contributed by atoms with Crippen LogP contribution in [-0.4, -0.2) is 9.97 Å². The number of benzene rings is 1. The first kappa shape index (κ1) is 13.5. The topological polar surface area (TPSA) is 61.0 Å². The third kappa shape index (κ3) is 2.68. The molecular formula is C16H14FN3O. The normalized spacial score (nSPS) is 10.8. The monoisotopic (exact) mass is 283 g/mol. The molecular weight excluding hydrogens is 269 g/mol. The highest BCUT2D eigenvalue weighted by Gasteiger charge is 2.10. The zero-order valence-electron chi connectivity index (χ0n) is 11.5. The fourth-order valence-electron chi connectivity index (χ4n) is 2.11. The molecule has 0 spiro atoms. The summed E-state index contributed by atoms with van der Waals surface area (Å²) in [5.41, 5.74) is 7.76. The molecule has 0 aliphatic rings. The van der Waals surface area contributed by atoms with Crippen LogP contribution >= 0.6 is 0 Å². The minimum atomic E-state index is -0.435. The SMILES string of the molecule is Cc1ccc2cccc(Oc3ncc(F)cc3CN)c2n1. The first-order chi connectivity index (χ1) is 10.2. The number of nitrogens with two attached hydrogens (primary N) is 1. The van der Waals surface area contributed by atoms with Crippen LogP contribution in [0.2, 0.25) is 0 Å². The first-order valence-electron chi connectivity index (χ1n) is 6.56. The minimum Gasteiger partial charge on any atom is -0.436 e. The summed E-state index contributed by atoms with van der Waals surface area (Å²) in [6, 6.07) is 10.9. The molecule has 5 heteroatoms. The minimum absolute atomic E-state index is 0.150. The van der Waals surface area contributed by atoms with E-state index < -0.39 is 5.82 Å². The van der Waals surface area contributed by atoms with Crippen molar-refractivity contribution < 1.29 is 9.13 Å². The Morgan fingerprint density at radius 3 is 2.90 bits per heavy atom. The van der Waals surface area contributed by atoms with E-state index in [1.165, 1.54) is 6.07 Å². The van der Waals surface area contributed by atoms with E-state index in [1.807, 2.05) is 31.2 Å². The van der Waals surface area contributed by atoms with Gasteiger partial charge in [-0.3, -0.25) is 0 Å². The van der Waals surface area contributed by atoms with Gasteiger partial charge in [0.05, 0.1) is 6.20 Å². The number of para-hydroxylation sites is 1. The van der Waals surface area contributed by atoms with Gasteiger partial charge < -0.3 is 10.5 Å². The fraction of sp³-hybridized carbons (Fsp3) is 0.125. The number of aryl methyl sites for hydroxylation is 1. The second-order valence-electron chi connectivity index (χ2n) is 4.70. The van der Waals surface area contributed by atoms with Crippen molar-refractivity contribution in [3.8, 4) is 11.6 Å². The predicted octanol–water partition coefficient (Wildman–Crippen LogP) is 3.33. The van der Waals surface area contributed by atoms with E-state index in [0.29, 0.717) is 17.2 Å². The van der Waals surface area contributed by atoms with Crippen molar-refractivity contribution >= 4 is 10.9 Å². The van der Waals surface area contributed by atoms with Gasteiger partial charge >= 0.3 is 0 Å². The Morgan fingerprint density at radius 1 is 1.24 bits per heavy atom. The second-order valence-corrected chi connectivity index (χ2v) is 4.70. The summed E-state index contributed by atoms with van der Waals surface area (Å²) in [6.45, 7) is 2.06. The van der Waals surface area contributed by atoms with Gasteiger partial charge in [0.25, 0.3) is 0 Å². The lowest BCUT2D eigenvalue weighted by atomic mass is 10.2. The van der Waals surface area contributed by atoms with Crippen LogP contribution in [0.25, 0.3) is 10.9 Å². The Balaban J connectivity index is 2.08. The van der Waals surface area contributed by atoms with Gasteiger partial charge in [0, 0.05) is 23.2 Å². The molecule has 0 aliphatic carbocycles. The number of aromatic nitrogens is 2. The molecule has 2 heterocycles. The van der Waals surface area contributed by atoms with Gasteiger partial charge in [0.2, 0.25) is 5.88 Å². The number of ether oxygens (including phenoxy) is 1. The highest BCUT2D eigenvalue weighted by molar-refractivity contribution is 5.84. The molecule has 0 bridgehead atoms. The van der Waals surface area contributed by atoms with Crippen LogP contribution in [-0.2, 0) is 6.54 Å². The summed E-state index contributed by atoms with van der Waals surface area (Å²) in [5, 5.41) is 0.967. The number of fused-ring (bicyclic) bond motifs is 1. The number of hydrogen-bond acceptors (Lipinski definition) is 4. The Hall–Kier alpha value is -2.53. The highest BCUT2D eigenvalue weighted by atomic mass is 19.1. The van der Waals surface area contributed by atoms with E-state index in [4.69, 9.17) is 10.5 Å². The van der Waals surface area contributed by atoms with Gasteiger partial charge in [-0.05, 0) is 25.1 Å². The quantitative estimate of drug-likeness (QED) is 0.801. The lowest BCUT2D eigenvalue weighted by Gasteiger charge is -2.10. The van der Waals surface area contributed by atoms with Gasteiger partial charge in [-0.1, -0.05) is 18.2 Å². The summed E-state index contributed by atoms with van der Waals surface area (Å²) in [4.78, 5) is 8.46. The smallest absolute Gasteiger partial charge is 0.224 e. The number of nitrogens with zero attached hydrogens (tertiary/aromatic N) is 2. The van der Waals surface area contributed by atoms with Crippen molar-refractivity contribution in [1.82, 2.24) is 9.97 Å². The molecule has 4 nitrogen and oxygen atoms in total. The van der Waals surface area contributed by atoms with E-state index in [2.05, 4.69) is 9.97 Å². The lowest BCUT2D eigenvalue weighted by Crippen LogP contribution is -2.02. The molecule has 3 rings (SSSR count). The van der Waals surface area contributed by atoms with Crippen LogP contribution in [0.15, 0.2) is 42.6 Å². The number of rotatable bonds is 3. The summed E-state index contributed by atoms with van der Waals surface area (Å²) in [7, 11) is 0. The number of hydrogen-bond donors (Lipinski definition) is 1. The van der Waals surface area contributed by atoms with Crippen LogP contribution in [0, 0.1) is 12.7 Å². The molecule has 0 aliphatic heterocycles. The van der Waals surface area contributed by atoms with Crippen molar-refractivity contribution in [2.75, 3.05) is 0 Å². The maximum absolute atomic E-state index is 13.2. The molecule has 2 aromatic heterocycles. The van der Waals surface area contributed by atoms with E-state index in [0.717, 1.165) is 22.8 Å². The average molecular weight is 283 g/mol. The van der Waals surface area contributed by atoms with Gasteiger partial charge in [0.1, 0.15) is 11.3 Å². The van der Waals surface area contributed by atoms with Crippen molar-refractivity contribution in [2.45, 2.75) is 13.5 Å². The molecule has 0 unspecified atom stereocenters. The number of pyridine rings is 2. The third-order valence-corrected chi connectivity index (χ3v) is 3.14. The van der Waals surface area contributed by atoms with Gasteiger partial charge in [0.15, 0.2) is 5.75 Å². The average Bonchev–Trinajstić information content (AvgIpc) is 2.49. The molecule has 0 saturated heterocycles. The van der Waals surface area contributed by atoms with Crippen LogP contribution in [0.3, 0.4) is 0 Å².